The summed E-state index contributed by atoms with van der Waals surface area (Å²) >= 11 is -2.32. The third kappa shape index (κ3) is 6.66. The van der Waals surface area contributed by atoms with Gasteiger partial charge in [-0.3, -0.25) is 0 Å². The zero-order valence-corrected chi connectivity index (χ0v) is 26.8. The molecule has 6 rings (SSSR count). The van der Waals surface area contributed by atoms with Gasteiger partial charge in [-0.25, -0.2) is 0 Å². The smallest absolute Gasteiger partial charge is 0.611 e. The van der Waals surface area contributed by atoms with Gasteiger partial charge in [0.2, 0.25) is 0 Å². The van der Waals surface area contributed by atoms with E-state index in [1.165, 1.54) is 11.1 Å². The minimum atomic E-state index is -2.32. The van der Waals surface area contributed by atoms with E-state index < -0.39 is 14.8 Å². The van der Waals surface area contributed by atoms with Crippen molar-refractivity contribution in [3.8, 4) is 56.0 Å². The minimum absolute atomic E-state index is 0.868. The maximum atomic E-state index is 7.21. The molecule has 0 aliphatic carbocycles. The fraction of sp³-hybridized carbons (Fsp3) is 0.122. The molecule has 0 aliphatic heterocycles. The normalized spacial score (nSPS) is 10.8. The highest BCUT2D eigenvalue weighted by molar-refractivity contribution is 6.46. The van der Waals surface area contributed by atoms with Crippen LogP contribution < -0.4 is 7.58 Å². The van der Waals surface area contributed by atoms with Gasteiger partial charge in [-0.2, -0.15) is 0 Å². The molecule has 3 heteroatoms. The molecule has 0 bridgehead atoms. The van der Waals surface area contributed by atoms with Crippen molar-refractivity contribution in [3.63, 3.8) is 0 Å². The topological polar surface area (TPSA) is 18.5 Å². The van der Waals surface area contributed by atoms with Crippen LogP contribution in [0.25, 0.3) is 44.5 Å². The summed E-state index contributed by atoms with van der Waals surface area (Å²) < 4.78 is 14.4. The molecule has 0 atom stereocenters. The Hall–Kier alpha value is -4.55. The molecule has 0 aliphatic rings. The summed E-state index contributed by atoms with van der Waals surface area (Å²) in [6, 6.07) is 51.2. The first-order chi connectivity index (χ1) is 21.6. The first kappa shape index (κ1) is 29.5. The second-order valence-corrected chi connectivity index (χ2v) is 13.2. The van der Waals surface area contributed by atoms with E-state index in [2.05, 4.69) is 166 Å². The van der Waals surface area contributed by atoms with E-state index in [1.54, 1.807) is 0 Å². The number of hydrogen-bond acceptors (Lipinski definition) is 2. The maximum absolute atomic E-state index is 7.21. The molecule has 6 aromatic rings. The molecule has 2 nitrogen and oxygen atoms in total. The van der Waals surface area contributed by atoms with Gasteiger partial charge in [-0.05, 0) is 76.8 Å². The SMILES string of the molecule is CC[CH2][Al]([O]c1c(-c2ccccc2)cc(C)cc1-c1ccccc1)[O]c1c(-c2ccccc2)cc(C)cc1-c1ccccc1. The molecule has 0 saturated heterocycles. The largest absolute Gasteiger partial charge is 0.856 e. The van der Waals surface area contributed by atoms with Gasteiger partial charge in [-0.15, -0.1) is 0 Å². The Labute approximate surface area is 266 Å². The zero-order chi connectivity index (χ0) is 30.3. The first-order valence-corrected chi connectivity index (χ1v) is 17.2. The molecule has 0 saturated carbocycles. The molecule has 0 N–H and O–H groups in total. The van der Waals surface area contributed by atoms with Crippen LogP contribution in [0.15, 0.2) is 146 Å². The average molecular weight is 589 g/mol. The van der Waals surface area contributed by atoms with Gasteiger partial charge in [-0.1, -0.05) is 135 Å². The van der Waals surface area contributed by atoms with Crippen LogP contribution in [0.4, 0.5) is 0 Å². The third-order valence-electron chi connectivity index (χ3n) is 7.83. The number of rotatable bonds is 10. The molecule has 0 unspecified atom stereocenters. The predicted octanol–water partition coefficient (Wildman–Crippen LogP) is 11.3. The van der Waals surface area contributed by atoms with Crippen LogP contribution in [0.1, 0.15) is 24.5 Å². The lowest BCUT2D eigenvalue weighted by molar-refractivity contribution is 0.423. The highest BCUT2D eigenvalue weighted by Gasteiger charge is 2.35. The molecule has 0 amide bonds. The van der Waals surface area contributed by atoms with Gasteiger partial charge in [0.05, 0.1) is 11.5 Å². The fourth-order valence-electron chi connectivity index (χ4n) is 5.77. The van der Waals surface area contributed by atoms with Crippen molar-refractivity contribution < 1.29 is 7.58 Å². The van der Waals surface area contributed by atoms with E-state index >= 15 is 0 Å². The average Bonchev–Trinajstić information content (AvgIpc) is 3.07. The molecule has 0 aromatic heterocycles. The van der Waals surface area contributed by atoms with Crippen molar-refractivity contribution in [2.24, 2.45) is 0 Å². The van der Waals surface area contributed by atoms with Gasteiger partial charge in [0.25, 0.3) is 0 Å². The second kappa shape index (κ2) is 13.8. The first-order valence-electron chi connectivity index (χ1n) is 15.4. The van der Waals surface area contributed by atoms with Gasteiger partial charge in [0, 0.05) is 22.3 Å². The van der Waals surface area contributed by atoms with E-state index in [0.717, 1.165) is 67.7 Å². The molecular formula is C41H37AlO2. The summed E-state index contributed by atoms with van der Waals surface area (Å²) in [4.78, 5) is 0. The van der Waals surface area contributed by atoms with Crippen LogP contribution >= 0.6 is 0 Å². The molecule has 6 aromatic carbocycles. The molecule has 0 fully saturated rings. The monoisotopic (exact) mass is 588 g/mol. The Bertz CT molecular complexity index is 1560. The molecule has 0 spiro atoms. The Morgan fingerprint density at radius 1 is 0.432 bits per heavy atom. The van der Waals surface area contributed by atoms with Crippen LogP contribution in [0.5, 0.6) is 11.5 Å². The van der Waals surface area contributed by atoms with Crippen molar-refractivity contribution in [2.45, 2.75) is 32.5 Å². The lowest BCUT2D eigenvalue weighted by Gasteiger charge is -2.25. The van der Waals surface area contributed by atoms with E-state index in [1.807, 2.05) is 0 Å². The summed E-state index contributed by atoms with van der Waals surface area (Å²) in [6.45, 7) is 6.53. The summed E-state index contributed by atoms with van der Waals surface area (Å²) in [6.07, 6.45) is 0.970. The Morgan fingerprint density at radius 3 is 0.955 bits per heavy atom. The number of aryl methyl sites for hydroxylation is 2. The van der Waals surface area contributed by atoms with Crippen LogP contribution in [0, 0.1) is 13.8 Å². The summed E-state index contributed by atoms with van der Waals surface area (Å²) in [5.74, 6) is 1.79. The van der Waals surface area contributed by atoms with E-state index in [4.69, 9.17) is 7.58 Å². The van der Waals surface area contributed by atoms with Crippen molar-refractivity contribution in [1.29, 1.82) is 0 Å². The maximum Gasteiger partial charge on any atom is 0.856 e. The van der Waals surface area contributed by atoms with Gasteiger partial charge in [0.1, 0.15) is 0 Å². The summed E-state index contributed by atoms with van der Waals surface area (Å²) in [5, 5.41) is 0.868. The Kier molecular flexibility index (Phi) is 9.28. The standard InChI is InChI=1S/2C19H16O.C3H7.Al/c2*1-14-12-17(15-8-4-2-5-9-15)19(20)18(13-14)16-10-6-3-7-11-16;1-3-2;/h2*2-13,20H,1H3;1,3H2,2H3;/q;;;+2/p-2. The van der Waals surface area contributed by atoms with E-state index in [-0.39, 0.29) is 0 Å². The van der Waals surface area contributed by atoms with E-state index in [9.17, 15) is 0 Å². The van der Waals surface area contributed by atoms with Crippen molar-refractivity contribution >= 4 is 14.8 Å². The molecule has 216 valence electrons. The highest BCUT2D eigenvalue weighted by atomic mass is 27.2. The van der Waals surface area contributed by atoms with Gasteiger partial charge >= 0.3 is 14.8 Å². The molecule has 44 heavy (non-hydrogen) atoms. The lowest BCUT2D eigenvalue weighted by atomic mass is 9.95. The highest BCUT2D eigenvalue weighted by Crippen LogP contribution is 2.43. The second-order valence-electron chi connectivity index (χ2n) is 11.3. The van der Waals surface area contributed by atoms with Crippen molar-refractivity contribution in [1.82, 2.24) is 0 Å². The molecule has 0 heterocycles. The molecular weight excluding hydrogens is 551 g/mol. The van der Waals surface area contributed by atoms with E-state index in [0.29, 0.717) is 0 Å². The van der Waals surface area contributed by atoms with Crippen molar-refractivity contribution in [3.05, 3.63) is 157 Å². The van der Waals surface area contributed by atoms with Crippen LogP contribution in [-0.4, -0.2) is 14.8 Å². The molecule has 0 radical (unpaired) electrons. The van der Waals surface area contributed by atoms with Crippen LogP contribution in [0.3, 0.4) is 0 Å². The van der Waals surface area contributed by atoms with Crippen LogP contribution in [-0.2, 0) is 0 Å². The quantitative estimate of drug-likeness (QED) is 0.148. The minimum Gasteiger partial charge on any atom is -0.611 e. The third-order valence-corrected chi connectivity index (χ3v) is 9.87. The number of benzene rings is 6. The van der Waals surface area contributed by atoms with Gasteiger partial charge in [0.15, 0.2) is 0 Å². The Balaban J connectivity index is 1.51. The van der Waals surface area contributed by atoms with Crippen molar-refractivity contribution in [2.75, 3.05) is 0 Å². The summed E-state index contributed by atoms with van der Waals surface area (Å²) in [5.41, 5.74) is 11.3. The predicted molar refractivity (Wildman–Crippen MR) is 186 cm³/mol. The zero-order valence-electron chi connectivity index (χ0n) is 25.7. The fourth-order valence-corrected chi connectivity index (χ4v) is 7.56. The lowest BCUT2D eigenvalue weighted by Crippen LogP contribution is -2.30. The Morgan fingerprint density at radius 2 is 0.705 bits per heavy atom. The summed E-state index contributed by atoms with van der Waals surface area (Å²) in [7, 11) is 0. The van der Waals surface area contributed by atoms with Gasteiger partial charge < -0.3 is 7.58 Å². The number of hydrogen-bond donors (Lipinski definition) is 0. The van der Waals surface area contributed by atoms with Crippen LogP contribution in [0.2, 0.25) is 5.28 Å².